The highest BCUT2D eigenvalue weighted by Crippen LogP contribution is 2.40. The summed E-state index contributed by atoms with van der Waals surface area (Å²) < 4.78 is 24.1. The lowest BCUT2D eigenvalue weighted by atomic mass is 9.96. The van der Waals surface area contributed by atoms with Gasteiger partial charge in [-0.25, -0.2) is 13.1 Å². The molecule has 33 heavy (non-hydrogen) atoms. The quantitative estimate of drug-likeness (QED) is 0.554. The van der Waals surface area contributed by atoms with E-state index in [1.54, 1.807) is 6.08 Å². The topological polar surface area (TPSA) is 78.5 Å². The number of carbonyl (C=O) groups excluding carboxylic acids is 1. The number of carbonyl (C=O) groups is 1. The third kappa shape index (κ3) is 7.52. The van der Waals surface area contributed by atoms with Crippen LogP contribution < -0.4 is 10.0 Å². The maximum Gasteiger partial charge on any atom is 0.257 e. The summed E-state index contributed by atoms with van der Waals surface area (Å²) in [5, 5.41) is 3.79. The summed E-state index contributed by atoms with van der Waals surface area (Å²) in [6.45, 7) is 4.28. The molecule has 7 heteroatoms. The number of nitrogens with zero attached hydrogens (tertiary/aromatic N) is 1. The van der Waals surface area contributed by atoms with Gasteiger partial charge in [-0.2, -0.15) is 0 Å². The fraction of sp³-hybridized carbons (Fsp3) is 0.423. The standard InChI is InChI=1S/C26H33N3O3S/c1-33(31,32)28-26(30)12-11-20-7-9-22(10-8-20)19-29-15-13-21(14-16-29)18-27-25-17-24(25)23-5-3-2-4-6-23/h2-12,21,24-25,27H,13-19H2,1H3,(H,28,30)/b12-11+/t24-,25+/m0/s1. The first-order chi connectivity index (χ1) is 15.9. The Morgan fingerprint density at radius 2 is 1.76 bits per heavy atom. The zero-order valence-electron chi connectivity index (χ0n) is 19.1. The van der Waals surface area contributed by atoms with Crippen molar-refractivity contribution in [1.82, 2.24) is 14.9 Å². The van der Waals surface area contributed by atoms with Gasteiger partial charge in [-0.05, 0) is 67.6 Å². The Hall–Kier alpha value is -2.48. The molecule has 0 spiro atoms. The van der Waals surface area contributed by atoms with Crippen molar-refractivity contribution in [3.05, 3.63) is 77.4 Å². The van der Waals surface area contributed by atoms with Crippen LogP contribution in [0.1, 0.15) is 41.9 Å². The highest BCUT2D eigenvalue weighted by atomic mass is 32.2. The molecule has 0 radical (unpaired) electrons. The molecule has 1 amide bonds. The Morgan fingerprint density at radius 1 is 1.06 bits per heavy atom. The maximum absolute atomic E-state index is 11.6. The third-order valence-electron chi connectivity index (χ3n) is 6.49. The molecule has 2 aromatic carbocycles. The average molecular weight is 468 g/mol. The van der Waals surface area contributed by atoms with E-state index in [1.807, 2.05) is 16.9 Å². The van der Waals surface area contributed by atoms with Gasteiger partial charge in [0, 0.05) is 24.6 Å². The lowest BCUT2D eigenvalue weighted by molar-refractivity contribution is -0.114. The monoisotopic (exact) mass is 467 g/mol. The summed E-state index contributed by atoms with van der Waals surface area (Å²) in [6.07, 6.45) is 7.53. The number of likely N-dealkylation sites (tertiary alicyclic amines) is 1. The number of sulfonamides is 1. The van der Waals surface area contributed by atoms with Gasteiger partial charge in [0.2, 0.25) is 10.0 Å². The first kappa shape index (κ1) is 23.7. The molecule has 1 saturated carbocycles. The molecule has 1 aliphatic carbocycles. The molecule has 2 aromatic rings. The van der Waals surface area contributed by atoms with Crippen LogP contribution >= 0.6 is 0 Å². The lowest BCUT2D eigenvalue weighted by Crippen LogP contribution is -2.37. The second kappa shape index (κ2) is 10.6. The molecule has 0 unspecified atom stereocenters. The van der Waals surface area contributed by atoms with Crippen molar-refractivity contribution in [2.45, 2.75) is 37.8 Å². The summed E-state index contributed by atoms with van der Waals surface area (Å²) >= 11 is 0. The van der Waals surface area contributed by atoms with E-state index in [0.717, 1.165) is 43.9 Å². The Balaban J connectivity index is 1.15. The van der Waals surface area contributed by atoms with E-state index in [4.69, 9.17) is 0 Å². The molecule has 6 nitrogen and oxygen atoms in total. The van der Waals surface area contributed by atoms with Crippen molar-refractivity contribution < 1.29 is 13.2 Å². The van der Waals surface area contributed by atoms with Gasteiger partial charge in [-0.1, -0.05) is 54.6 Å². The van der Waals surface area contributed by atoms with Crippen LogP contribution in [0.25, 0.3) is 6.08 Å². The molecule has 1 heterocycles. The van der Waals surface area contributed by atoms with Crippen LogP contribution in [0.2, 0.25) is 0 Å². The molecule has 2 N–H and O–H groups in total. The van der Waals surface area contributed by atoms with E-state index in [1.165, 1.54) is 36.5 Å². The number of piperidine rings is 1. The van der Waals surface area contributed by atoms with E-state index in [0.29, 0.717) is 12.0 Å². The fourth-order valence-corrected chi connectivity index (χ4v) is 4.97. The van der Waals surface area contributed by atoms with Gasteiger partial charge in [0.15, 0.2) is 0 Å². The first-order valence-corrected chi connectivity index (χ1v) is 13.5. The molecule has 176 valence electrons. The van der Waals surface area contributed by atoms with E-state index in [2.05, 4.69) is 52.7 Å². The smallest absolute Gasteiger partial charge is 0.257 e. The van der Waals surface area contributed by atoms with Crippen molar-refractivity contribution in [2.75, 3.05) is 25.9 Å². The average Bonchev–Trinajstić information content (AvgIpc) is 3.57. The molecule has 2 aliphatic rings. The largest absolute Gasteiger partial charge is 0.313 e. The zero-order valence-corrected chi connectivity index (χ0v) is 19.9. The van der Waals surface area contributed by atoms with E-state index in [-0.39, 0.29) is 0 Å². The van der Waals surface area contributed by atoms with Crippen LogP contribution in [0.5, 0.6) is 0 Å². The molecule has 1 aliphatic heterocycles. The maximum atomic E-state index is 11.6. The Morgan fingerprint density at radius 3 is 2.42 bits per heavy atom. The van der Waals surface area contributed by atoms with Gasteiger partial charge in [-0.3, -0.25) is 9.69 Å². The van der Waals surface area contributed by atoms with Gasteiger partial charge in [0.25, 0.3) is 5.91 Å². The summed E-state index contributed by atoms with van der Waals surface area (Å²) in [4.78, 5) is 14.1. The normalized spacial score (nSPS) is 21.8. The number of rotatable bonds is 9. The van der Waals surface area contributed by atoms with Crippen molar-refractivity contribution in [1.29, 1.82) is 0 Å². The van der Waals surface area contributed by atoms with Crippen LogP contribution in [-0.4, -0.2) is 51.2 Å². The van der Waals surface area contributed by atoms with Crippen LogP contribution in [0.4, 0.5) is 0 Å². The van der Waals surface area contributed by atoms with Crippen LogP contribution in [0.15, 0.2) is 60.7 Å². The summed E-state index contributed by atoms with van der Waals surface area (Å²) in [5.41, 5.74) is 3.57. The second-order valence-electron chi connectivity index (χ2n) is 9.30. The van der Waals surface area contributed by atoms with Crippen LogP contribution in [-0.2, 0) is 21.4 Å². The molecular formula is C26H33N3O3S. The molecule has 1 saturated heterocycles. The lowest BCUT2D eigenvalue weighted by Gasteiger charge is -2.32. The molecule has 0 bridgehead atoms. The molecule has 4 rings (SSSR count). The highest BCUT2D eigenvalue weighted by molar-refractivity contribution is 7.89. The minimum absolute atomic E-state index is 0.642. The van der Waals surface area contributed by atoms with E-state index < -0.39 is 15.9 Å². The minimum atomic E-state index is -3.53. The number of nitrogens with one attached hydrogen (secondary N) is 2. The highest BCUT2D eigenvalue weighted by Gasteiger charge is 2.38. The van der Waals surface area contributed by atoms with Crippen LogP contribution in [0, 0.1) is 5.92 Å². The first-order valence-electron chi connectivity index (χ1n) is 11.7. The number of amides is 1. The summed E-state index contributed by atoms with van der Waals surface area (Å²) in [5.74, 6) is 0.804. The van der Waals surface area contributed by atoms with Crippen molar-refractivity contribution in [3.63, 3.8) is 0 Å². The SMILES string of the molecule is CS(=O)(=O)NC(=O)/C=C/c1ccc(CN2CCC(CN[C@@H]3C[C@H]3c3ccccc3)CC2)cc1. The number of hydrogen-bond donors (Lipinski definition) is 2. The molecular weight excluding hydrogens is 434 g/mol. The Labute approximate surface area is 197 Å². The summed E-state index contributed by atoms with van der Waals surface area (Å²) in [6, 6.07) is 19.5. The Kier molecular flexibility index (Phi) is 7.63. The second-order valence-corrected chi connectivity index (χ2v) is 11.0. The van der Waals surface area contributed by atoms with Gasteiger partial charge in [0.05, 0.1) is 6.26 Å². The number of hydrogen-bond acceptors (Lipinski definition) is 5. The summed E-state index contributed by atoms with van der Waals surface area (Å²) in [7, 11) is -3.53. The predicted octanol–water partition coefficient (Wildman–Crippen LogP) is 3.13. The van der Waals surface area contributed by atoms with Crippen molar-refractivity contribution in [2.24, 2.45) is 5.92 Å². The third-order valence-corrected chi connectivity index (χ3v) is 7.07. The molecule has 2 atom stereocenters. The van der Waals surface area contributed by atoms with Crippen molar-refractivity contribution >= 4 is 22.0 Å². The number of benzene rings is 2. The van der Waals surface area contributed by atoms with E-state index >= 15 is 0 Å². The van der Waals surface area contributed by atoms with Crippen LogP contribution in [0.3, 0.4) is 0 Å². The minimum Gasteiger partial charge on any atom is -0.313 e. The molecule has 0 aromatic heterocycles. The fourth-order valence-electron chi connectivity index (χ4n) is 4.54. The van der Waals surface area contributed by atoms with Crippen molar-refractivity contribution in [3.8, 4) is 0 Å². The van der Waals surface area contributed by atoms with E-state index in [9.17, 15) is 13.2 Å². The van der Waals surface area contributed by atoms with Gasteiger partial charge in [0.1, 0.15) is 0 Å². The Bertz CT molecular complexity index is 1060. The van der Waals surface area contributed by atoms with Gasteiger partial charge < -0.3 is 5.32 Å². The van der Waals surface area contributed by atoms with Gasteiger partial charge >= 0.3 is 0 Å². The molecule has 2 fully saturated rings. The van der Waals surface area contributed by atoms with Gasteiger partial charge in [-0.15, -0.1) is 0 Å². The zero-order chi connectivity index (χ0) is 23.3. The predicted molar refractivity (Wildman–Crippen MR) is 132 cm³/mol.